The van der Waals surface area contributed by atoms with Gasteiger partial charge in [0.25, 0.3) is 5.91 Å². The van der Waals surface area contributed by atoms with E-state index in [4.69, 9.17) is 4.74 Å². The van der Waals surface area contributed by atoms with Crippen molar-refractivity contribution in [1.82, 2.24) is 9.88 Å². The van der Waals surface area contributed by atoms with E-state index in [2.05, 4.69) is 20.9 Å². The number of amides is 1. The van der Waals surface area contributed by atoms with Crippen molar-refractivity contribution < 1.29 is 9.53 Å². The largest absolute Gasteiger partial charge is 0.377 e. The van der Waals surface area contributed by atoms with Crippen molar-refractivity contribution in [2.45, 2.75) is 25.9 Å². The summed E-state index contributed by atoms with van der Waals surface area (Å²) in [6.07, 6.45) is 3.82. The van der Waals surface area contributed by atoms with Gasteiger partial charge < -0.3 is 9.64 Å². The van der Waals surface area contributed by atoms with Gasteiger partial charge >= 0.3 is 0 Å². The average Bonchev–Trinajstić information content (AvgIpc) is 2.39. The summed E-state index contributed by atoms with van der Waals surface area (Å²) in [6, 6.07) is 3.64. The van der Waals surface area contributed by atoms with Crippen LogP contribution in [-0.4, -0.2) is 41.6 Å². The number of hydrogen-bond acceptors (Lipinski definition) is 3. The van der Waals surface area contributed by atoms with Crippen LogP contribution in [0.25, 0.3) is 0 Å². The van der Waals surface area contributed by atoms with Gasteiger partial charge in [0.1, 0.15) is 5.69 Å². The summed E-state index contributed by atoms with van der Waals surface area (Å²) in [5.74, 6) is -0.0214. The smallest absolute Gasteiger partial charge is 0.273 e. The Labute approximate surface area is 115 Å². The third kappa shape index (κ3) is 3.09. The first-order chi connectivity index (χ1) is 8.72. The summed E-state index contributed by atoms with van der Waals surface area (Å²) < 4.78 is 6.35. The molecule has 0 bridgehead atoms. The second-order valence-corrected chi connectivity index (χ2v) is 5.16. The van der Waals surface area contributed by atoms with Crippen molar-refractivity contribution in [3.05, 3.63) is 28.5 Å². The molecule has 0 radical (unpaired) electrons. The Bertz CT molecular complexity index is 423. The summed E-state index contributed by atoms with van der Waals surface area (Å²) in [7, 11) is 0. The number of ether oxygens (including phenoxy) is 1. The molecule has 0 spiro atoms. The van der Waals surface area contributed by atoms with Crippen LogP contribution in [0.4, 0.5) is 0 Å². The first kappa shape index (κ1) is 13.5. The highest BCUT2D eigenvalue weighted by Crippen LogP contribution is 2.19. The molecule has 1 atom stereocenters. The molecule has 2 heterocycles. The minimum atomic E-state index is -0.0214. The molecule has 1 fully saturated rings. The lowest BCUT2D eigenvalue weighted by molar-refractivity contribution is 0.00699. The molecule has 1 amide bonds. The molecule has 0 aromatic carbocycles. The Hall–Kier alpha value is -0.940. The average molecular weight is 313 g/mol. The van der Waals surface area contributed by atoms with E-state index in [-0.39, 0.29) is 12.0 Å². The van der Waals surface area contributed by atoms with E-state index >= 15 is 0 Å². The first-order valence-electron chi connectivity index (χ1n) is 6.23. The number of aromatic nitrogens is 1. The third-order valence-electron chi connectivity index (χ3n) is 3.03. The van der Waals surface area contributed by atoms with Crippen LogP contribution in [0.15, 0.2) is 22.8 Å². The van der Waals surface area contributed by atoms with Crippen molar-refractivity contribution in [2.75, 3.05) is 19.7 Å². The highest BCUT2D eigenvalue weighted by molar-refractivity contribution is 9.10. The summed E-state index contributed by atoms with van der Waals surface area (Å²) in [6.45, 7) is 4.12. The Morgan fingerprint density at radius 2 is 2.50 bits per heavy atom. The Kier molecular flexibility index (Phi) is 4.72. The summed E-state index contributed by atoms with van der Waals surface area (Å²) >= 11 is 3.37. The SMILES string of the molecule is CCOC1CCCN(C(=O)c2ncccc2Br)C1. The number of carbonyl (C=O) groups excluding carboxylic acids is 1. The lowest BCUT2D eigenvalue weighted by Crippen LogP contribution is -2.43. The minimum Gasteiger partial charge on any atom is -0.377 e. The molecule has 1 unspecified atom stereocenters. The zero-order valence-electron chi connectivity index (χ0n) is 10.4. The highest BCUT2D eigenvalue weighted by atomic mass is 79.9. The van der Waals surface area contributed by atoms with Crippen molar-refractivity contribution in [2.24, 2.45) is 0 Å². The molecule has 1 aliphatic heterocycles. The van der Waals surface area contributed by atoms with E-state index in [0.29, 0.717) is 18.8 Å². The van der Waals surface area contributed by atoms with E-state index in [1.165, 1.54) is 0 Å². The second kappa shape index (κ2) is 6.29. The van der Waals surface area contributed by atoms with Gasteiger partial charge in [-0.3, -0.25) is 4.79 Å². The monoisotopic (exact) mass is 312 g/mol. The number of carbonyl (C=O) groups is 1. The van der Waals surface area contributed by atoms with Crippen LogP contribution in [0.2, 0.25) is 0 Å². The van der Waals surface area contributed by atoms with Crippen LogP contribution in [0, 0.1) is 0 Å². The van der Waals surface area contributed by atoms with Crippen LogP contribution in [0.3, 0.4) is 0 Å². The number of hydrogen-bond donors (Lipinski definition) is 0. The summed E-state index contributed by atoms with van der Waals surface area (Å²) in [5.41, 5.74) is 0.481. The number of piperidine rings is 1. The Balaban J connectivity index is 2.07. The quantitative estimate of drug-likeness (QED) is 0.861. The summed E-state index contributed by atoms with van der Waals surface area (Å²) in [4.78, 5) is 18.3. The molecule has 98 valence electrons. The molecule has 1 saturated heterocycles. The Morgan fingerprint density at radius 3 is 3.22 bits per heavy atom. The predicted octanol–water partition coefficient (Wildman–Crippen LogP) is 2.49. The van der Waals surface area contributed by atoms with Gasteiger partial charge in [-0.1, -0.05) is 0 Å². The van der Waals surface area contributed by atoms with Crippen LogP contribution in [-0.2, 0) is 4.74 Å². The van der Waals surface area contributed by atoms with Gasteiger partial charge in [-0.15, -0.1) is 0 Å². The maximum absolute atomic E-state index is 12.3. The fourth-order valence-corrected chi connectivity index (χ4v) is 2.61. The minimum absolute atomic E-state index is 0.0214. The lowest BCUT2D eigenvalue weighted by Gasteiger charge is -2.32. The number of likely N-dealkylation sites (tertiary alicyclic amines) is 1. The topological polar surface area (TPSA) is 42.4 Å². The van der Waals surface area contributed by atoms with Gasteiger partial charge in [-0.05, 0) is 47.8 Å². The van der Waals surface area contributed by atoms with E-state index in [1.807, 2.05) is 17.9 Å². The molecule has 1 aliphatic rings. The number of halogens is 1. The molecule has 0 aliphatic carbocycles. The fourth-order valence-electron chi connectivity index (χ4n) is 2.19. The molecule has 4 nitrogen and oxygen atoms in total. The van der Waals surface area contributed by atoms with Crippen molar-refractivity contribution in [3.8, 4) is 0 Å². The number of pyridine rings is 1. The highest BCUT2D eigenvalue weighted by Gasteiger charge is 2.26. The fraction of sp³-hybridized carbons (Fsp3) is 0.538. The zero-order valence-corrected chi connectivity index (χ0v) is 12.0. The van der Waals surface area contributed by atoms with Gasteiger partial charge in [-0.2, -0.15) is 0 Å². The molecule has 18 heavy (non-hydrogen) atoms. The van der Waals surface area contributed by atoms with Gasteiger partial charge in [0.2, 0.25) is 0 Å². The molecular formula is C13H17BrN2O2. The van der Waals surface area contributed by atoms with Gasteiger partial charge in [-0.25, -0.2) is 4.98 Å². The molecule has 0 saturated carbocycles. The number of rotatable bonds is 3. The second-order valence-electron chi connectivity index (χ2n) is 4.30. The third-order valence-corrected chi connectivity index (χ3v) is 3.67. The molecular weight excluding hydrogens is 296 g/mol. The maximum atomic E-state index is 12.3. The maximum Gasteiger partial charge on any atom is 0.273 e. The first-order valence-corrected chi connectivity index (χ1v) is 7.03. The van der Waals surface area contributed by atoms with Crippen molar-refractivity contribution in [1.29, 1.82) is 0 Å². The summed E-state index contributed by atoms with van der Waals surface area (Å²) in [5, 5.41) is 0. The van der Waals surface area contributed by atoms with E-state index in [9.17, 15) is 4.79 Å². The molecule has 0 N–H and O–H groups in total. The van der Waals surface area contributed by atoms with Crippen molar-refractivity contribution in [3.63, 3.8) is 0 Å². The standard InChI is InChI=1S/C13H17BrN2O2/c1-2-18-10-5-4-8-16(9-10)13(17)12-11(14)6-3-7-15-12/h3,6-7,10H,2,4-5,8-9H2,1H3. The van der Waals surface area contributed by atoms with Crippen LogP contribution >= 0.6 is 15.9 Å². The van der Waals surface area contributed by atoms with Crippen LogP contribution in [0.5, 0.6) is 0 Å². The normalized spacial score (nSPS) is 19.9. The number of nitrogens with zero attached hydrogens (tertiary/aromatic N) is 2. The molecule has 5 heteroatoms. The predicted molar refractivity (Wildman–Crippen MR) is 72.5 cm³/mol. The van der Waals surface area contributed by atoms with E-state index in [1.54, 1.807) is 12.3 Å². The molecule has 1 aromatic rings. The van der Waals surface area contributed by atoms with E-state index in [0.717, 1.165) is 23.9 Å². The van der Waals surface area contributed by atoms with Gasteiger partial charge in [0, 0.05) is 30.4 Å². The van der Waals surface area contributed by atoms with Crippen LogP contribution in [0.1, 0.15) is 30.3 Å². The van der Waals surface area contributed by atoms with Crippen molar-refractivity contribution >= 4 is 21.8 Å². The Morgan fingerprint density at radius 1 is 1.67 bits per heavy atom. The van der Waals surface area contributed by atoms with Gasteiger partial charge in [0.05, 0.1) is 6.10 Å². The zero-order chi connectivity index (χ0) is 13.0. The van der Waals surface area contributed by atoms with Gasteiger partial charge in [0.15, 0.2) is 0 Å². The van der Waals surface area contributed by atoms with Crippen LogP contribution < -0.4 is 0 Å². The molecule has 1 aromatic heterocycles. The van der Waals surface area contributed by atoms with E-state index < -0.39 is 0 Å². The lowest BCUT2D eigenvalue weighted by atomic mass is 10.1. The molecule has 2 rings (SSSR count).